The highest BCUT2D eigenvalue weighted by Crippen LogP contribution is 2.28. The van der Waals surface area contributed by atoms with Gasteiger partial charge in [0, 0.05) is 38.2 Å². The van der Waals surface area contributed by atoms with Crippen LogP contribution in [0, 0.1) is 5.92 Å². The Labute approximate surface area is 113 Å². The van der Waals surface area contributed by atoms with Gasteiger partial charge in [0.2, 0.25) is 0 Å². The first-order valence-electron chi connectivity index (χ1n) is 7.00. The number of aliphatic carboxylic acids is 1. The Hall–Kier alpha value is -1.30. The number of nitrogens with zero attached hydrogens (tertiary/aromatic N) is 2. The second-order valence-corrected chi connectivity index (χ2v) is 5.51. The number of carboxylic acid groups (broad SMARTS) is 1. The summed E-state index contributed by atoms with van der Waals surface area (Å²) < 4.78 is 0. The van der Waals surface area contributed by atoms with E-state index in [1.54, 1.807) is 4.90 Å². The number of hydrogen-bond donors (Lipinski definition) is 2. The maximum absolute atomic E-state index is 12.3. The SMILES string of the molecule is O=C(O)CC1CN(C(=O)N(CCCO)C2CCC2)C1. The zero-order chi connectivity index (χ0) is 13.8. The summed E-state index contributed by atoms with van der Waals surface area (Å²) in [5, 5.41) is 17.6. The molecule has 1 saturated carbocycles. The van der Waals surface area contributed by atoms with Crippen LogP contribution in [0.3, 0.4) is 0 Å². The Morgan fingerprint density at radius 1 is 1.26 bits per heavy atom. The van der Waals surface area contributed by atoms with Crippen molar-refractivity contribution in [2.24, 2.45) is 5.92 Å². The lowest BCUT2D eigenvalue weighted by Gasteiger charge is -2.45. The smallest absolute Gasteiger partial charge is 0.320 e. The second kappa shape index (κ2) is 6.23. The number of aliphatic hydroxyl groups is 1. The molecule has 108 valence electrons. The highest BCUT2D eigenvalue weighted by Gasteiger charge is 2.37. The van der Waals surface area contributed by atoms with E-state index >= 15 is 0 Å². The Balaban J connectivity index is 1.81. The molecule has 0 atom stereocenters. The lowest BCUT2D eigenvalue weighted by molar-refractivity contribution is -0.139. The molecule has 0 aromatic heterocycles. The maximum Gasteiger partial charge on any atom is 0.320 e. The minimum absolute atomic E-state index is 0.0137. The van der Waals surface area contributed by atoms with Crippen LogP contribution >= 0.6 is 0 Å². The second-order valence-electron chi connectivity index (χ2n) is 5.51. The van der Waals surface area contributed by atoms with Gasteiger partial charge in [-0.15, -0.1) is 0 Å². The summed E-state index contributed by atoms with van der Waals surface area (Å²) in [6, 6.07) is 0.331. The zero-order valence-corrected chi connectivity index (χ0v) is 11.1. The van der Waals surface area contributed by atoms with Crippen molar-refractivity contribution in [2.45, 2.75) is 38.1 Å². The molecule has 0 aromatic carbocycles. The van der Waals surface area contributed by atoms with E-state index in [1.807, 2.05) is 4.90 Å². The molecule has 1 aliphatic heterocycles. The summed E-state index contributed by atoms with van der Waals surface area (Å²) in [5.74, 6) is -0.698. The Bertz CT molecular complexity index is 338. The van der Waals surface area contributed by atoms with E-state index in [0.29, 0.717) is 32.1 Å². The van der Waals surface area contributed by atoms with Gasteiger partial charge in [0.1, 0.15) is 0 Å². The molecule has 0 bridgehead atoms. The summed E-state index contributed by atoms with van der Waals surface area (Å²) in [4.78, 5) is 26.5. The third-order valence-electron chi connectivity index (χ3n) is 4.01. The fourth-order valence-corrected chi connectivity index (χ4v) is 2.66. The number of rotatable bonds is 6. The summed E-state index contributed by atoms with van der Waals surface area (Å²) >= 11 is 0. The summed E-state index contributed by atoms with van der Waals surface area (Å²) in [6.45, 7) is 1.79. The summed E-state index contributed by atoms with van der Waals surface area (Å²) in [7, 11) is 0. The van der Waals surface area contributed by atoms with Gasteiger partial charge < -0.3 is 20.0 Å². The molecule has 1 aliphatic carbocycles. The number of carbonyl (C=O) groups excluding carboxylic acids is 1. The van der Waals surface area contributed by atoms with Crippen LogP contribution in [0.2, 0.25) is 0 Å². The normalized spacial score (nSPS) is 19.7. The monoisotopic (exact) mass is 270 g/mol. The Morgan fingerprint density at radius 3 is 2.42 bits per heavy atom. The van der Waals surface area contributed by atoms with Crippen LogP contribution in [0.15, 0.2) is 0 Å². The first-order valence-corrected chi connectivity index (χ1v) is 7.00. The van der Waals surface area contributed by atoms with Crippen molar-refractivity contribution in [2.75, 3.05) is 26.2 Å². The van der Waals surface area contributed by atoms with Crippen LogP contribution in [-0.4, -0.2) is 64.3 Å². The molecule has 19 heavy (non-hydrogen) atoms. The average Bonchev–Trinajstić information content (AvgIpc) is 2.24. The van der Waals surface area contributed by atoms with E-state index in [-0.39, 0.29) is 25.0 Å². The molecule has 6 nitrogen and oxygen atoms in total. The van der Waals surface area contributed by atoms with Gasteiger partial charge in [-0.2, -0.15) is 0 Å². The maximum atomic E-state index is 12.3. The third-order valence-corrected chi connectivity index (χ3v) is 4.01. The van der Waals surface area contributed by atoms with Crippen molar-refractivity contribution < 1.29 is 19.8 Å². The molecule has 2 aliphatic rings. The van der Waals surface area contributed by atoms with Gasteiger partial charge in [0.25, 0.3) is 0 Å². The number of carbonyl (C=O) groups is 2. The van der Waals surface area contributed by atoms with E-state index < -0.39 is 5.97 Å². The van der Waals surface area contributed by atoms with E-state index in [4.69, 9.17) is 10.2 Å². The van der Waals surface area contributed by atoms with Crippen molar-refractivity contribution >= 4 is 12.0 Å². The van der Waals surface area contributed by atoms with Crippen LogP contribution in [-0.2, 0) is 4.79 Å². The molecule has 1 saturated heterocycles. The summed E-state index contributed by atoms with van der Waals surface area (Å²) in [6.07, 6.45) is 4.00. The van der Waals surface area contributed by atoms with E-state index in [9.17, 15) is 9.59 Å². The Morgan fingerprint density at radius 2 is 1.95 bits per heavy atom. The van der Waals surface area contributed by atoms with Crippen molar-refractivity contribution in [1.82, 2.24) is 9.80 Å². The molecule has 2 rings (SSSR count). The molecule has 1 heterocycles. The van der Waals surface area contributed by atoms with Gasteiger partial charge in [0.05, 0.1) is 6.42 Å². The minimum atomic E-state index is -0.798. The first kappa shape index (κ1) is 14.1. The lowest BCUT2D eigenvalue weighted by atomic mass is 9.91. The molecule has 0 radical (unpaired) electrons. The largest absolute Gasteiger partial charge is 0.481 e. The molecule has 2 amide bonds. The van der Waals surface area contributed by atoms with Crippen LogP contribution in [0.25, 0.3) is 0 Å². The number of likely N-dealkylation sites (tertiary alicyclic amines) is 1. The number of hydrogen-bond acceptors (Lipinski definition) is 3. The highest BCUT2D eigenvalue weighted by molar-refractivity contribution is 5.76. The first-order chi connectivity index (χ1) is 9.11. The molecule has 2 fully saturated rings. The van der Waals surface area contributed by atoms with Gasteiger partial charge in [-0.3, -0.25) is 4.79 Å². The predicted octanol–water partition coefficient (Wildman–Crippen LogP) is 0.750. The lowest BCUT2D eigenvalue weighted by Crippen LogP contribution is -2.58. The zero-order valence-electron chi connectivity index (χ0n) is 11.1. The van der Waals surface area contributed by atoms with E-state index in [1.165, 1.54) is 0 Å². The predicted molar refractivity (Wildman–Crippen MR) is 68.8 cm³/mol. The van der Waals surface area contributed by atoms with Crippen molar-refractivity contribution in [3.63, 3.8) is 0 Å². The van der Waals surface area contributed by atoms with E-state index in [2.05, 4.69) is 0 Å². The molecule has 0 spiro atoms. The van der Waals surface area contributed by atoms with Crippen LogP contribution in [0.1, 0.15) is 32.1 Å². The fourth-order valence-electron chi connectivity index (χ4n) is 2.66. The Kier molecular flexibility index (Phi) is 4.63. The number of aliphatic hydroxyl groups excluding tert-OH is 1. The van der Waals surface area contributed by atoms with Gasteiger partial charge in [-0.25, -0.2) is 4.79 Å². The topological polar surface area (TPSA) is 81.1 Å². The van der Waals surface area contributed by atoms with Gasteiger partial charge >= 0.3 is 12.0 Å². The molecule has 6 heteroatoms. The molecule has 0 aromatic rings. The standard InChI is InChI=1S/C13H22N2O4/c16-6-2-5-15(11-3-1-4-11)13(19)14-8-10(9-14)7-12(17)18/h10-11,16H,1-9H2,(H,17,18). The van der Waals surface area contributed by atoms with Gasteiger partial charge in [-0.1, -0.05) is 0 Å². The molecule has 0 unspecified atom stereocenters. The van der Waals surface area contributed by atoms with Crippen molar-refractivity contribution in [3.05, 3.63) is 0 Å². The average molecular weight is 270 g/mol. The van der Waals surface area contributed by atoms with Crippen LogP contribution in [0.5, 0.6) is 0 Å². The van der Waals surface area contributed by atoms with Gasteiger partial charge in [0.15, 0.2) is 0 Å². The highest BCUT2D eigenvalue weighted by atomic mass is 16.4. The molecular weight excluding hydrogens is 248 g/mol. The summed E-state index contributed by atoms with van der Waals surface area (Å²) in [5.41, 5.74) is 0. The van der Waals surface area contributed by atoms with Crippen molar-refractivity contribution in [3.8, 4) is 0 Å². The third kappa shape index (κ3) is 3.37. The van der Waals surface area contributed by atoms with E-state index in [0.717, 1.165) is 19.3 Å². The van der Waals surface area contributed by atoms with Crippen molar-refractivity contribution in [1.29, 1.82) is 0 Å². The van der Waals surface area contributed by atoms with Gasteiger partial charge in [-0.05, 0) is 25.7 Å². The molecule has 2 N–H and O–H groups in total. The van der Waals surface area contributed by atoms with Crippen LogP contribution < -0.4 is 0 Å². The number of urea groups is 1. The molecular formula is C13H22N2O4. The number of amides is 2. The number of carboxylic acids is 1. The van der Waals surface area contributed by atoms with Crippen LogP contribution in [0.4, 0.5) is 4.79 Å². The fraction of sp³-hybridized carbons (Fsp3) is 0.846. The quantitative estimate of drug-likeness (QED) is 0.746. The minimum Gasteiger partial charge on any atom is -0.481 e.